The van der Waals surface area contributed by atoms with Gasteiger partial charge in [0.15, 0.2) is 5.69 Å². The Bertz CT molecular complexity index is 1500. The first-order chi connectivity index (χ1) is 18.7. The summed E-state index contributed by atoms with van der Waals surface area (Å²) in [4.78, 5) is 41.4. The number of hydrogen-bond acceptors (Lipinski definition) is 7. The van der Waals surface area contributed by atoms with Crippen LogP contribution in [0.1, 0.15) is 48.5 Å². The Morgan fingerprint density at radius 1 is 1.00 bits per heavy atom. The SMILES string of the molecule is COc1ccc([C@@H](C(=O)NCc2ccccc2)N(C(=O)c2snc(C(N)=O)c2N)c2cccc(C)c2C)cc1. The molecule has 9 nitrogen and oxygen atoms in total. The van der Waals surface area contributed by atoms with Crippen LogP contribution in [0.25, 0.3) is 0 Å². The van der Waals surface area contributed by atoms with Crippen molar-refractivity contribution in [1.29, 1.82) is 0 Å². The molecule has 1 heterocycles. The van der Waals surface area contributed by atoms with Crippen LogP contribution in [0.15, 0.2) is 72.8 Å². The summed E-state index contributed by atoms with van der Waals surface area (Å²) in [5.41, 5.74) is 15.0. The number of rotatable bonds is 9. The zero-order chi connectivity index (χ0) is 28.1. The summed E-state index contributed by atoms with van der Waals surface area (Å²) in [7, 11) is 1.55. The summed E-state index contributed by atoms with van der Waals surface area (Å²) < 4.78 is 9.31. The number of nitrogens with two attached hydrogens (primary N) is 2. The summed E-state index contributed by atoms with van der Waals surface area (Å²) in [5, 5.41) is 2.97. The van der Waals surface area contributed by atoms with Crippen molar-refractivity contribution >= 4 is 40.6 Å². The molecule has 0 fully saturated rings. The smallest absolute Gasteiger partial charge is 0.273 e. The molecule has 4 rings (SSSR count). The molecular formula is C29H29N5O4S. The van der Waals surface area contributed by atoms with E-state index in [0.717, 1.165) is 28.2 Å². The maximum Gasteiger partial charge on any atom is 0.273 e. The van der Waals surface area contributed by atoms with Gasteiger partial charge >= 0.3 is 0 Å². The highest BCUT2D eigenvalue weighted by atomic mass is 32.1. The number of methoxy groups -OCH3 is 1. The molecule has 0 saturated carbocycles. The first-order valence-corrected chi connectivity index (χ1v) is 12.9. The zero-order valence-corrected chi connectivity index (χ0v) is 22.6. The molecule has 0 spiro atoms. The largest absolute Gasteiger partial charge is 0.497 e. The number of nitrogens with zero attached hydrogens (tertiary/aromatic N) is 2. The Morgan fingerprint density at radius 2 is 1.69 bits per heavy atom. The van der Waals surface area contributed by atoms with Crippen molar-refractivity contribution < 1.29 is 19.1 Å². The van der Waals surface area contributed by atoms with E-state index in [0.29, 0.717) is 17.0 Å². The number of anilines is 2. The average Bonchev–Trinajstić information content (AvgIpc) is 3.34. The van der Waals surface area contributed by atoms with Crippen LogP contribution in [0.2, 0.25) is 0 Å². The van der Waals surface area contributed by atoms with E-state index in [1.54, 1.807) is 37.4 Å². The fourth-order valence-corrected chi connectivity index (χ4v) is 4.93. The lowest BCUT2D eigenvalue weighted by Gasteiger charge is -2.33. The van der Waals surface area contributed by atoms with E-state index in [4.69, 9.17) is 16.2 Å². The molecule has 0 saturated heterocycles. The molecule has 1 atom stereocenters. The number of hydrogen-bond donors (Lipinski definition) is 3. The molecule has 3 aromatic carbocycles. The Morgan fingerprint density at radius 3 is 2.31 bits per heavy atom. The van der Waals surface area contributed by atoms with Crippen molar-refractivity contribution in [3.05, 3.63) is 106 Å². The molecule has 0 radical (unpaired) electrons. The maximum absolute atomic E-state index is 14.2. The summed E-state index contributed by atoms with van der Waals surface area (Å²) >= 11 is 0.768. The number of benzene rings is 3. The minimum Gasteiger partial charge on any atom is -0.497 e. The third kappa shape index (κ3) is 5.75. The van der Waals surface area contributed by atoms with E-state index in [2.05, 4.69) is 9.69 Å². The van der Waals surface area contributed by atoms with Crippen LogP contribution in [0, 0.1) is 13.8 Å². The molecule has 5 N–H and O–H groups in total. The number of ether oxygens (including phenoxy) is 1. The highest BCUT2D eigenvalue weighted by Crippen LogP contribution is 2.36. The first kappa shape index (κ1) is 27.3. The standard InChI is InChI=1S/C29H29N5O4S/c1-17-8-7-11-22(18(17)2)34(29(37)26-23(30)24(27(31)35)33-39-26)25(20-12-14-21(38-3)15-13-20)28(36)32-16-19-9-5-4-6-10-19/h4-15,25H,16,30H2,1-3H3,(H2,31,35)(H,32,36)/t25-/m0/s1. The molecule has 0 aliphatic heterocycles. The molecule has 39 heavy (non-hydrogen) atoms. The van der Waals surface area contributed by atoms with E-state index >= 15 is 0 Å². The van der Waals surface area contributed by atoms with Gasteiger partial charge in [-0.1, -0.05) is 54.6 Å². The summed E-state index contributed by atoms with van der Waals surface area (Å²) in [6, 6.07) is 20.8. The van der Waals surface area contributed by atoms with Gasteiger partial charge in [-0.3, -0.25) is 19.3 Å². The molecule has 1 aromatic heterocycles. The van der Waals surface area contributed by atoms with Crippen molar-refractivity contribution in [2.45, 2.75) is 26.4 Å². The van der Waals surface area contributed by atoms with Crippen molar-refractivity contribution in [3.8, 4) is 5.75 Å². The molecule has 0 aliphatic rings. The van der Waals surface area contributed by atoms with Gasteiger partial charge in [-0.25, -0.2) is 0 Å². The van der Waals surface area contributed by atoms with Gasteiger partial charge in [0.1, 0.15) is 16.7 Å². The number of carbonyl (C=O) groups excluding carboxylic acids is 3. The summed E-state index contributed by atoms with van der Waals surface area (Å²) in [6.07, 6.45) is 0. The molecule has 0 aliphatic carbocycles. The van der Waals surface area contributed by atoms with Crippen LogP contribution in [0.3, 0.4) is 0 Å². The highest BCUT2D eigenvalue weighted by Gasteiger charge is 2.36. The monoisotopic (exact) mass is 543 g/mol. The van der Waals surface area contributed by atoms with E-state index in [1.165, 1.54) is 4.90 Å². The maximum atomic E-state index is 14.2. The lowest BCUT2D eigenvalue weighted by molar-refractivity contribution is -0.122. The predicted octanol–water partition coefficient (Wildman–Crippen LogP) is 4.15. The number of nitrogen functional groups attached to an aromatic ring is 1. The van der Waals surface area contributed by atoms with Gasteiger partial charge in [0.05, 0.1) is 12.8 Å². The number of nitrogens with one attached hydrogen (secondary N) is 1. The molecule has 200 valence electrons. The van der Waals surface area contributed by atoms with Gasteiger partial charge < -0.3 is 21.5 Å². The van der Waals surface area contributed by atoms with Crippen molar-refractivity contribution in [2.75, 3.05) is 17.7 Å². The molecule has 10 heteroatoms. The summed E-state index contributed by atoms with van der Waals surface area (Å²) in [6.45, 7) is 4.06. The van der Waals surface area contributed by atoms with Gasteiger partial charge in [0.25, 0.3) is 11.8 Å². The molecular weight excluding hydrogens is 514 g/mol. The minimum atomic E-state index is -1.09. The third-order valence-electron chi connectivity index (χ3n) is 6.46. The third-order valence-corrected chi connectivity index (χ3v) is 7.31. The van der Waals surface area contributed by atoms with Gasteiger partial charge in [-0.2, -0.15) is 4.37 Å². The Labute approximate surface area is 230 Å². The number of aryl methyl sites for hydroxylation is 1. The van der Waals surface area contributed by atoms with Gasteiger partial charge in [0, 0.05) is 12.2 Å². The van der Waals surface area contributed by atoms with E-state index < -0.39 is 23.8 Å². The molecule has 0 unspecified atom stereocenters. The fraction of sp³-hybridized carbons (Fsp3) is 0.172. The normalized spacial score (nSPS) is 11.5. The quantitative estimate of drug-likeness (QED) is 0.290. The van der Waals surface area contributed by atoms with Crippen molar-refractivity contribution in [3.63, 3.8) is 0 Å². The predicted molar refractivity (Wildman–Crippen MR) is 152 cm³/mol. The number of primary amides is 1. The van der Waals surface area contributed by atoms with Crippen LogP contribution < -0.4 is 26.4 Å². The zero-order valence-electron chi connectivity index (χ0n) is 21.8. The Balaban J connectivity index is 1.87. The minimum absolute atomic E-state index is 0.0130. The Kier molecular flexibility index (Phi) is 8.26. The molecule has 3 amide bonds. The van der Waals surface area contributed by atoms with Gasteiger partial charge in [-0.05, 0) is 65.8 Å². The number of aromatic nitrogens is 1. The Hall–Kier alpha value is -4.70. The van der Waals surface area contributed by atoms with Crippen molar-refractivity contribution in [1.82, 2.24) is 9.69 Å². The first-order valence-electron chi connectivity index (χ1n) is 12.1. The number of carbonyl (C=O) groups is 3. The highest BCUT2D eigenvalue weighted by molar-refractivity contribution is 7.09. The van der Waals surface area contributed by atoms with E-state index in [-0.39, 0.29) is 22.8 Å². The molecule has 0 bridgehead atoms. The fourth-order valence-electron chi connectivity index (χ4n) is 4.19. The molecule has 4 aromatic rings. The second-order valence-electron chi connectivity index (χ2n) is 8.91. The van der Waals surface area contributed by atoms with Crippen LogP contribution in [-0.4, -0.2) is 29.2 Å². The van der Waals surface area contributed by atoms with Crippen LogP contribution >= 0.6 is 11.5 Å². The van der Waals surface area contributed by atoms with Crippen LogP contribution in [0.4, 0.5) is 11.4 Å². The lowest BCUT2D eigenvalue weighted by atomic mass is 9.99. The summed E-state index contributed by atoms with van der Waals surface area (Å²) in [5.74, 6) is -1.23. The van der Waals surface area contributed by atoms with E-state index in [9.17, 15) is 14.4 Å². The number of amides is 3. The van der Waals surface area contributed by atoms with Crippen molar-refractivity contribution in [2.24, 2.45) is 5.73 Å². The van der Waals surface area contributed by atoms with Crippen LogP contribution in [-0.2, 0) is 11.3 Å². The van der Waals surface area contributed by atoms with E-state index in [1.807, 2.05) is 56.3 Å². The van der Waals surface area contributed by atoms with Gasteiger partial charge in [0.2, 0.25) is 5.91 Å². The van der Waals surface area contributed by atoms with Gasteiger partial charge in [-0.15, -0.1) is 0 Å². The average molecular weight is 544 g/mol. The lowest BCUT2D eigenvalue weighted by Crippen LogP contribution is -2.44. The topological polar surface area (TPSA) is 141 Å². The van der Waals surface area contributed by atoms with Crippen LogP contribution in [0.5, 0.6) is 5.75 Å². The second-order valence-corrected chi connectivity index (χ2v) is 9.68. The second kappa shape index (κ2) is 11.8.